The average molecular weight is 416 g/mol. The second-order valence-electron chi connectivity index (χ2n) is 7.31. The second kappa shape index (κ2) is 7.08. The fourth-order valence-electron chi connectivity index (χ4n) is 3.38. The Morgan fingerprint density at radius 2 is 1.97 bits per heavy atom. The maximum atomic E-state index is 13.5. The molecule has 30 heavy (non-hydrogen) atoms. The lowest BCUT2D eigenvalue weighted by molar-refractivity contribution is -0.136. The van der Waals surface area contributed by atoms with Crippen LogP contribution in [0.3, 0.4) is 0 Å². The summed E-state index contributed by atoms with van der Waals surface area (Å²) in [5, 5.41) is 3.32. The maximum absolute atomic E-state index is 13.5. The van der Waals surface area contributed by atoms with E-state index in [1.54, 1.807) is 23.0 Å². The zero-order valence-corrected chi connectivity index (χ0v) is 16.5. The Balaban J connectivity index is 1.94. The number of nitrogens with zero attached hydrogens (tertiary/aromatic N) is 2. The predicted molar refractivity (Wildman–Crippen MR) is 109 cm³/mol. The van der Waals surface area contributed by atoms with E-state index < -0.39 is 17.2 Å². The predicted octanol–water partition coefficient (Wildman–Crippen LogP) is 5.03. The number of H-pyrrole nitrogens is 1. The average Bonchev–Trinajstić information content (AvgIpc) is 3.01. The van der Waals surface area contributed by atoms with Crippen molar-refractivity contribution in [2.75, 3.05) is 5.32 Å². The van der Waals surface area contributed by atoms with Crippen LogP contribution in [-0.2, 0) is 6.18 Å². The van der Waals surface area contributed by atoms with E-state index in [0.29, 0.717) is 29.0 Å². The van der Waals surface area contributed by atoms with E-state index >= 15 is 0 Å². The molecule has 0 amide bonds. The molecule has 0 radical (unpaired) electrons. The van der Waals surface area contributed by atoms with Gasteiger partial charge in [-0.05, 0) is 44.5 Å². The van der Waals surface area contributed by atoms with Crippen LogP contribution in [0.2, 0.25) is 0 Å². The summed E-state index contributed by atoms with van der Waals surface area (Å²) < 4.78 is 47.8. The molecule has 3 aromatic heterocycles. The van der Waals surface area contributed by atoms with Crippen molar-refractivity contribution in [3.8, 4) is 5.88 Å². The van der Waals surface area contributed by atoms with E-state index in [4.69, 9.17) is 4.74 Å². The largest absolute Gasteiger partial charge is 0.473 e. The zero-order valence-electron chi connectivity index (χ0n) is 16.5. The number of alkyl halides is 3. The smallest absolute Gasteiger partial charge is 0.417 e. The lowest BCUT2D eigenvalue weighted by atomic mass is 10.1. The summed E-state index contributed by atoms with van der Waals surface area (Å²) in [5.74, 6) is 0.773. The van der Waals surface area contributed by atoms with Crippen molar-refractivity contribution in [3.05, 3.63) is 64.3 Å². The number of anilines is 2. The summed E-state index contributed by atoms with van der Waals surface area (Å²) in [6.07, 6.45) is 1.45. The monoisotopic (exact) mass is 416 g/mol. The molecule has 6 nitrogen and oxygen atoms in total. The molecule has 4 aromatic rings. The molecule has 156 valence electrons. The van der Waals surface area contributed by atoms with Gasteiger partial charge in [-0.25, -0.2) is 4.98 Å². The zero-order chi connectivity index (χ0) is 21.6. The fraction of sp³-hybridized carbons (Fsp3) is 0.238. The van der Waals surface area contributed by atoms with Crippen LogP contribution in [0.4, 0.5) is 24.7 Å². The summed E-state index contributed by atoms with van der Waals surface area (Å²) in [5.41, 5.74) is 0.172. The topological polar surface area (TPSA) is 71.4 Å². The highest BCUT2D eigenvalue weighted by atomic mass is 19.4. The molecule has 0 saturated carbocycles. The van der Waals surface area contributed by atoms with Crippen molar-refractivity contribution >= 4 is 27.8 Å². The molecule has 9 heteroatoms. The first-order valence-electron chi connectivity index (χ1n) is 9.27. The van der Waals surface area contributed by atoms with Gasteiger partial charge in [0.05, 0.1) is 17.2 Å². The lowest BCUT2D eigenvalue weighted by Crippen LogP contribution is -2.10. The third-order valence-corrected chi connectivity index (χ3v) is 4.53. The van der Waals surface area contributed by atoms with Gasteiger partial charge < -0.3 is 19.4 Å². The highest BCUT2D eigenvalue weighted by Gasteiger charge is 2.34. The number of rotatable bonds is 4. The summed E-state index contributed by atoms with van der Waals surface area (Å²) in [6, 6.07) is 3.66. The highest BCUT2D eigenvalue weighted by molar-refractivity contribution is 6.04. The number of halogens is 3. The Labute approximate surface area is 169 Å². The number of hydrogen-bond acceptors (Lipinski definition) is 4. The van der Waals surface area contributed by atoms with E-state index in [0.717, 1.165) is 5.56 Å². The number of fused-ring (bicyclic) bond motifs is 3. The Morgan fingerprint density at radius 1 is 1.20 bits per heavy atom. The van der Waals surface area contributed by atoms with Gasteiger partial charge in [-0.2, -0.15) is 13.2 Å². The van der Waals surface area contributed by atoms with Crippen molar-refractivity contribution in [2.45, 2.75) is 33.1 Å². The molecular formula is C21H19F3N4O2. The molecule has 0 fully saturated rings. The maximum Gasteiger partial charge on any atom is 0.417 e. The van der Waals surface area contributed by atoms with Crippen molar-refractivity contribution in [3.63, 3.8) is 0 Å². The Bertz CT molecular complexity index is 1310. The van der Waals surface area contributed by atoms with Gasteiger partial charge in [0, 0.05) is 35.6 Å². The lowest BCUT2D eigenvalue weighted by Gasteiger charge is -2.16. The molecule has 4 rings (SSSR count). The summed E-state index contributed by atoms with van der Waals surface area (Å²) in [6.45, 7) is 5.61. The standard InChI is InChI=1S/C21H19F3N4O2/c1-11(2)30-20-17(6-12(3)9-26-20)27-19-18-14-7-13(29)8-16(21(22,23)24)15(14)10-28(18)5-4-25-19/h4-11,25,27H,1-3H3. The van der Waals surface area contributed by atoms with Gasteiger partial charge in [-0.1, -0.05) is 0 Å². The van der Waals surface area contributed by atoms with E-state index in [-0.39, 0.29) is 16.9 Å². The van der Waals surface area contributed by atoms with Crippen LogP contribution < -0.4 is 15.5 Å². The summed E-state index contributed by atoms with van der Waals surface area (Å²) in [7, 11) is 0. The molecule has 0 bridgehead atoms. The molecule has 3 heterocycles. The Hall–Kier alpha value is -3.49. The molecule has 2 N–H and O–H groups in total. The number of aromatic nitrogens is 3. The van der Waals surface area contributed by atoms with Crippen molar-refractivity contribution in [2.24, 2.45) is 0 Å². The molecule has 0 atom stereocenters. The molecule has 0 spiro atoms. The van der Waals surface area contributed by atoms with Gasteiger partial charge in [0.1, 0.15) is 11.5 Å². The van der Waals surface area contributed by atoms with Crippen molar-refractivity contribution in [1.29, 1.82) is 0 Å². The Morgan fingerprint density at radius 3 is 2.67 bits per heavy atom. The first-order chi connectivity index (χ1) is 14.1. The van der Waals surface area contributed by atoms with E-state index in [1.165, 1.54) is 12.3 Å². The van der Waals surface area contributed by atoms with Gasteiger partial charge in [0.25, 0.3) is 0 Å². The van der Waals surface area contributed by atoms with Crippen LogP contribution in [0.1, 0.15) is 25.0 Å². The van der Waals surface area contributed by atoms with Crippen LogP contribution >= 0.6 is 0 Å². The van der Waals surface area contributed by atoms with Gasteiger partial charge >= 0.3 is 6.18 Å². The first kappa shape index (κ1) is 19.8. The van der Waals surface area contributed by atoms with Gasteiger partial charge in [0.15, 0.2) is 5.43 Å². The molecule has 0 aliphatic heterocycles. The van der Waals surface area contributed by atoms with E-state index in [9.17, 15) is 18.0 Å². The third-order valence-electron chi connectivity index (χ3n) is 4.53. The Kier molecular flexibility index (Phi) is 4.68. The van der Waals surface area contributed by atoms with Crippen LogP contribution in [0.15, 0.2) is 47.8 Å². The number of benzene rings is 1. The van der Waals surface area contributed by atoms with E-state index in [1.807, 2.05) is 26.8 Å². The van der Waals surface area contributed by atoms with Crippen molar-refractivity contribution < 1.29 is 17.9 Å². The molecule has 1 aromatic carbocycles. The quantitative estimate of drug-likeness (QED) is 0.489. The minimum atomic E-state index is -4.64. The number of hydrogen-bond donors (Lipinski definition) is 2. The van der Waals surface area contributed by atoms with E-state index in [2.05, 4.69) is 15.3 Å². The third kappa shape index (κ3) is 3.58. The number of nitrogens with one attached hydrogen (secondary N) is 2. The van der Waals surface area contributed by atoms with Gasteiger partial charge in [0.2, 0.25) is 5.88 Å². The molecule has 0 aliphatic carbocycles. The SMILES string of the molecule is Cc1cnc(OC(C)C)c(Nc2[nH]ccn3cc4c(C(F)(F)F)cc(=O)cc4c23)c1. The van der Waals surface area contributed by atoms with Crippen LogP contribution in [0, 0.1) is 6.92 Å². The molecular weight excluding hydrogens is 397 g/mol. The number of ether oxygens (including phenoxy) is 1. The van der Waals surface area contributed by atoms with Gasteiger partial charge in [-0.15, -0.1) is 0 Å². The van der Waals surface area contributed by atoms with Crippen LogP contribution in [0.25, 0.3) is 16.3 Å². The fourth-order valence-corrected chi connectivity index (χ4v) is 3.38. The first-order valence-corrected chi connectivity index (χ1v) is 9.27. The second-order valence-corrected chi connectivity index (χ2v) is 7.31. The number of pyridine rings is 1. The molecule has 0 unspecified atom stereocenters. The highest BCUT2D eigenvalue weighted by Crippen LogP contribution is 2.38. The van der Waals surface area contributed by atoms with Crippen LogP contribution in [0.5, 0.6) is 5.88 Å². The number of aromatic amines is 1. The molecule has 0 aliphatic rings. The minimum Gasteiger partial charge on any atom is -0.473 e. The van der Waals surface area contributed by atoms with Gasteiger partial charge in [-0.3, -0.25) is 4.79 Å². The number of aryl methyl sites for hydroxylation is 1. The van der Waals surface area contributed by atoms with Crippen molar-refractivity contribution in [1.82, 2.24) is 14.4 Å². The minimum absolute atomic E-state index is 0.0502. The van der Waals surface area contributed by atoms with Crippen LogP contribution in [-0.4, -0.2) is 20.5 Å². The molecule has 0 saturated heterocycles. The summed E-state index contributed by atoms with van der Waals surface area (Å²) in [4.78, 5) is 19.3. The normalized spacial score (nSPS) is 12.1. The summed E-state index contributed by atoms with van der Waals surface area (Å²) >= 11 is 0.